The number of benzene rings is 1. The number of hydrogen-bond donors (Lipinski definition) is 1. The Bertz CT molecular complexity index is 2160. The van der Waals surface area contributed by atoms with E-state index in [1.54, 1.807) is 4.90 Å². The maximum absolute atomic E-state index is 16.7. The number of alkyl halides is 4. The van der Waals surface area contributed by atoms with Gasteiger partial charge in [0.25, 0.3) is 0 Å². The Morgan fingerprint density at radius 1 is 1.15 bits per heavy atom. The van der Waals surface area contributed by atoms with Crippen molar-refractivity contribution < 1.29 is 31.1 Å². The number of thiophene rings is 1. The number of pyridine rings is 1. The molecule has 3 aliphatic heterocycles. The molecule has 2 fully saturated rings. The minimum atomic E-state index is -4.63. The van der Waals surface area contributed by atoms with Crippen LogP contribution in [-0.4, -0.2) is 67.4 Å². The molecule has 248 valence electrons. The van der Waals surface area contributed by atoms with Gasteiger partial charge in [0.05, 0.1) is 27.7 Å². The van der Waals surface area contributed by atoms with Gasteiger partial charge in [-0.25, -0.2) is 18.2 Å². The van der Waals surface area contributed by atoms with Gasteiger partial charge in [0, 0.05) is 49.4 Å². The number of halogens is 6. The average molecular weight is 686 g/mol. The Labute approximate surface area is 272 Å². The number of anilines is 2. The summed E-state index contributed by atoms with van der Waals surface area (Å²) in [6.45, 7) is 1.34. The van der Waals surface area contributed by atoms with Gasteiger partial charge in [-0.3, -0.25) is 9.88 Å². The minimum Gasteiger partial charge on any atom is -0.461 e. The monoisotopic (exact) mass is 685 g/mol. The number of nitrogens with zero attached hydrogens (tertiary/aromatic N) is 8. The van der Waals surface area contributed by atoms with E-state index in [0.29, 0.717) is 13.0 Å². The molecule has 2 N–H and O–H groups in total. The Kier molecular flexibility index (Phi) is 6.97. The highest BCUT2D eigenvalue weighted by atomic mass is 32.1. The molecule has 7 heterocycles. The van der Waals surface area contributed by atoms with Crippen LogP contribution in [0.25, 0.3) is 32.2 Å². The van der Waals surface area contributed by atoms with E-state index in [4.69, 9.17) is 10.5 Å². The van der Waals surface area contributed by atoms with Gasteiger partial charge in [-0.05, 0) is 31.5 Å². The van der Waals surface area contributed by atoms with Crippen molar-refractivity contribution in [2.24, 2.45) is 0 Å². The largest absolute Gasteiger partial charge is 0.461 e. The summed E-state index contributed by atoms with van der Waals surface area (Å²) >= 11 is 0.864. The van der Waals surface area contributed by atoms with Crippen molar-refractivity contribution in [1.29, 1.82) is 5.26 Å². The first-order valence-electron chi connectivity index (χ1n) is 15.1. The van der Waals surface area contributed by atoms with Crippen LogP contribution in [0.1, 0.15) is 36.3 Å². The predicted molar refractivity (Wildman–Crippen MR) is 164 cm³/mol. The van der Waals surface area contributed by atoms with Crippen molar-refractivity contribution in [2.45, 2.75) is 50.2 Å². The number of nitrogens with two attached hydrogens (primary N) is 1. The molecule has 0 spiro atoms. The van der Waals surface area contributed by atoms with Crippen LogP contribution in [0.4, 0.5) is 37.2 Å². The maximum atomic E-state index is 16.7. The summed E-state index contributed by atoms with van der Waals surface area (Å²) in [5.74, 6) is -1.24. The number of imidazole rings is 1. The number of fused-ring (bicyclic) bond motifs is 4. The molecule has 8 rings (SSSR count). The predicted octanol–water partition coefficient (Wildman–Crippen LogP) is 5.83. The molecule has 5 aromatic rings. The molecule has 0 aliphatic carbocycles. The number of hydrogen-bond acceptors (Lipinski definition) is 10. The fourth-order valence-corrected chi connectivity index (χ4v) is 8.18. The molecule has 0 unspecified atom stereocenters. The SMILES string of the molecule is N#Cc1c(N)sc2c(F)ccc(-c3ncc4c(N5CCn6cc(C(F)(F)F)nc6C5)nc(OC[C@]56CCCN5C[C@@H](F)C6)nc4c3F)c12. The summed E-state index contributed by atoms with van der Waals surface area (Å²) in [5, 5.41) is 10.1. The molecule has 1 aromatic carbocycles. The first-order chi connectivity index (χ1) is 23.0. The summed E-state index contributed by atoms with van der Waals surface area (Å²) in [5.41, 5.74) is 4.10. The highest BCUT2D eigenvalue weighted by Gasteiger charge is 2.49. The molecule has 10 nitrogen and oxygen atoms in total. The van der Waals surface area contributed by atoms with Gasteiger partial charge in [0.1, 0.15) is 52.5 Å². The summed E-state index contributed by atoms with van der Waals surface area (Å²) in [6.07, 6.45) is -1.51. The van der Waals surface area contributed by atoms with Crippen molar-refractivity contribution in [3.63, 3.8) is 0 Å². The molecule has 0 saturated carbocycles. The highest BCUT2D eigenvalue weighted by Crippen LogP contribution is 2.43. The Hall–Kier alpha value is -4.69. The first-order valence-corrected chi connectivity index (χ1v) is 15.9. The van der Waals surface area contributed by atoms with Crippen LogP contribution < -0.4 is 15.4 Å². The molecule has 48 heavy (non-hydrogen) atoms. The standard InChI is InChI=1S/C31H25F6N9OS/c32-15-8-30(4-1-5-46(30)11-15)14-47-29-42-25-18(28(43-29)45-7-6-44-12-20(31(35,36)37)41-21(44)13-45)10-40-24(23(25)34)16-2-3-19(33)26-22(16)17(9-38)27(39)48-26/h2-3,10,12,15H,1,4-8,11,13-14,39H2/t15-,30+/m0/s1. The molecular formula is C31H25F6N9OS. The van der Waals surface area contributed by atoms with Crippen LogP contribution in [0.15, 0.2) is 24.5 Å². The van der Waals surface area contributed by atoms with Gasteiger partial charge in [-0.1, -0.05) is 0 Å². The quantitative estimate of drug-likeness (QED) is 0.228. The fraction of sp³-hybridized carbons (Fsp3) is 0.387. The number of nitrogen functional groups attached to an aromatic ring is 1. The molecule has 2 saturated heterocycles. The zero-order chi connectivity index (χ0) is 33.5. The Morgan fingerprint density at radius 2 is 1.98 bits per heavy atom. The molecule has 17 heteroatoms. The van der Waals surface area contributed by atoms with Crippen molar-refractivity contribution in [3.8, 4) is 23.3 Å². The van der Waals surface area contributed by atoms with Gasteiger partial charge in [-0.2, -0.15) is 28.4 Å². The minimum absolute atomic E-state index is 0.0108. The lowest BCUT2D eigenvalue weighted by Gasteiger charge is -2.31. The third-order valence-electron chi connectivity index (χ3n) is 9.45. The van der Waals surface area contributed by atoms with E-state index in [2.05, 4.69) is 19.9 Å². The summed E-state index contributed by atoms with van der Waals surface area (Å²) < 4.78 is 93.8. The van der Waals surface area contributed by atoms with E-state index in [-0.39, 0.29) is 93.1 Å². The van der Waals surface area contributed by atoms with Crippen LogP contribution in [-0.2, 0) is 19.3 Å². The molecule has 3 aliphatic rings. The topological polar surface area (TPSA) is 122 Å². The first kappa shape index (κ1) is 30.6. The zero-order valence-electron chi connectivity index (χ0n) is 25.0. The second-order valence-corrected chi connectivity index (χ2v) is 13.3. The van der Waals surface area contributed by atoms with E-state index < -0.39 is 35.2 Å². The van der Waals surface area contributed by atoms with Gasteiger partial charge in [0.15, 0.2) is 11.5 Å². The van der Waals surface area contributed by atoms with E-state index >= 15 is 4.39 Å². The number of aromatic nitrogens is 5. The van der Waals surface area contributed by atoms with Crippen LogP contribution in [0, 0.1) is 23.0 Å². The lowest BCUT2D eigenvalue weighted by atomic mass is 9.95. The van der Waals surface area contributed by atoms with Crippen molar-refractivity contribution in [1.82, 2.24) is 29.4 Å². The summed E-state index contributed by atoms with van der Waals surface area (Å²) in [4.78, 5) is 20.8. The Morgan fingerprint density at radius 3 is 2.77 bits per heavy atom. The third-order valence-corrected chi connectivity index (χ3v) is 10.5. The highest BCUT2D eigenvalue weighted by molar-refractivity contribution is 7.23. The normalized spacial score (nSPS) is 21.2. The van der Waals surface area contributed by atoms with Crippen molar-refractivity contribution in [2.75, 3.05) is 36.9 Å². The van der Waals surface area contributed by atoms with Crippen LogP contribution in [0.3, 0.4) is 0 Å². The summed E-state index contributed by atoms with van der Waals surface area (Å²) in [6, 6.07) is 4.21. The van der Waals surface area contributed by atoms with Crippen LogP contribution >= 0.6 is 11.3 Å². The lowest BCUT2D eigenvalue weighted by Crippen LogP contribution is -2.43. The van der Waals surface area contributed by atoms with E-state index in [0.717, 1.165) is 36.6 Å². The van der Waals surface area contributed by atoms with Crippen LogP contribution in [0.2, 0.25) is 0 Å². The van der Waals surface area contributed by atoms with E-state index in [1.807, 2.05) is 11.0 Å². The van der Waals surface area contributed by atoms with Gasteiger partial charge in [-0.15, -0.1) is 11.3 Å². The number of rotatable bonds is 5. The zero-order valence-corrected chi connectivity index (χ0v) is 25.8. The third kappa shape index (κ3) is 4.80. The fourth-order valence-electron chi connectivity index (χ4n) is 7.23. The van der Waals surface area contributed by atoms with Crippen LogP contribution in [0.5, 0.6) is 6.01 Å². The van der Waals surface area contributed by atoms with Crippen molar-refractivity contribution >= 4 is 43.1 Å². The average Bonchev–Trinajstić information content (AvgIpc) is 3.81. The Balaban J connectivity index is 1.25. The van der Waals surface area contributed by atoms with Gasteiger partial charge >= 0.3 is 12.2 Å². The summed E-state index contributed by atoms with van der Waals surface area (Å²) in [7, 11) is 0. The molecule has 0 amide bonds. The van der Waals surface area contributed by atoms with Gasteiger partial charge < -0.3 is 19.9 Å². The smallest absolute Gasteiger partial charge is 0.434 e. The maximum Gasteiger partial charge on any atom is 0.434 e. The molecule has 0 radical (unpaired) electrons. The second-order valence-electron chi connectivity index (χ2n) is 12.3. The molecule has 0 bridgehead atoms. The number of nitriles is 1. The van der Waals surface area contributed by atoms with Crippen molar-refractivity contribution in [3.05, 3.63) is 53.2 Å². The van der Waals surface area contributed by atoms with Gasteiger partial charge in [0.2, 0.25) is 0 Å². The lowest BCUT2D eigenvalue weighted by molar-refractivity contribution is -0.141. The molecule has 2 atom stereocenters. The van der Waals surface area contributed by atoms with E-state index in [1.165, 1.54) is 16.8 Å². The molecule has 4 aromatic heterocycles. The molecular weight excluding hydrogens is 660 g/mol. The van der Waals surface area contributed by atoms with E-state index in [9.17, 15) is 27.2 Å². The second kappa shape index (κ2) is 10.9. The number of ether oxygens (including phenoxy) is 1.